The zero-order valence-electron chi connectivity index (χ0n) is 72.2. The zero-order valence-corrected chi connectivity index (χ0v) is 72.2. The van der Waals surface area contributed by atoms with Crippen LogP contribution in [0.5, 0.6) is 0 Å². The van der Waals surface area contributed by atoms with Crippen LogP contribution in [-0.2, 0) is 21.7 Å². The molecule has 0 fully saturated rings. The van der Waals surface area contributed by atoms with Crippen LogP contribution in [0.4, 0.5) is 28.4 Å². The van der Waals surface area contributed by atoms with Crippen LogP contribution in [-0.4, -0.2) is 15.8 Å². The van der Waals surface area contributed by atoms with E-state index in [1.807, 2.05) is 0 Å². The second-order valence-electron chi connectivity index (χ2n) is 38.2. The first-order valence-corrected chi connectivity index (χ1v) is 43.6. The van der Waals surface area contributed by atoms with Crippen LogP contribution >= 0.6 is 0 Å². The highest BCUT2D eigenvalue weighted by molar-refractivity contribution is 7.00. The van der Waals surface area contributed by atoms with Gasteiger partial charge in [-0.25, -0.2) is 0 Å². The van der Waals surface area contributed by atoms with Gasteiger partial charge >= 0.3 is 0 Å². The molecule has 19 aromatic rings. The third-order valence-corrected chi connectivity index (χ3v) is 26.1. The number of hydrogen-bond acceptors (Lipinski definition) is 2. The van der Waals surface area contributed by atoms with Gasteiger partial charge in [-0.15, -0.1) is 0 Å². The highest BCUT2D eigenvalue weighted by Crippen LogP contribution is 2.52. The first kappa shape index (κ1) is 76.4. The SMILES string of the molecule is CC(C)(C)c1cc(-c2cccc3c4ccccc4n(-c4ccc5c(c4)B4c6cc(-n7c8ccccc8c8cccc(-c9cc(C(C)(C)C)cc(C(C)(C)C)c9)c87)ccc6N(c6ccccc6-c6cc(-c7ccccc7)cc(-c7ccccc7)c6)c6ccc(-c7ccccc7-c7cc(-c8ccccc8)cc(-c8ccccc8)c7)c(c64)N5)c23)cc(C(C)(C)C)c1. The van der Waals surface area contributed by atoms with Gasteiger partial charge in [0.25, 0.3) is 6.71 Å². The average Bonchev–Trinajstić information content (AvgIpc) is 1.20. The lowest BCUT2D eigenvalue weighted by Gasteiger charge is -2.42. The number of fused-ring (bicyclic) bond motifs is 10. The first-order chi connectivity index (χ1) is 59.5. The second kappa shape index (κ2) is 29.4. The number of para-hydroxylation sites is 5. The molecule has 0 aliphatic carbocycles. The van der Waals surface area contributed by atoms with Crippen molar-refractivity contribution in [2.45, 2.75) is 105 Å². The van der Waals surface area contributed by atoms with E-state index in [0.29, 0.717) is 0 Å². The Kier molecular flexibility index (Phi) is 18.3. The Labute approximate surface area is 724 Å². The molecule has 21 rings (SSSR count). The number of aromatic nitrogens is 2. The summed E-state index contributed by atoms with van der Waals surface area (Å²) in [6, 6.07) is 143. The average molecular weight is 1580 g/mol. The van der Waals surface area contributed by atoms with E-state index in [1.165, 1.54) is 105 Å². The molecular formula is C118H99BN4. The van der Waals surface area contributed by atoms with Crippen LogP contribution in [0, 0.1) is 0 Å². The molecule has 4 nitrogen and oxygen atoms in total. The lowest BCUT2D eigenvalue weighted by Crippen LogP contribution is -2.60. The lowest BCUT2D eigenvalue weighted by molar-refractivity contribution is 0.568. The van der Waals surface area contributed by atoms with Gasteiger partial charge in [-0.1, -0.05) is 362 Å². The fraction of sp³-hybridized carbons (Fsp3) is 0.136. The summed E-state index contributed by atoms with van der Waals surface area (Å²) in [7, 11) is 0. The summed E-state index contributed by atoms with van der Waals surface area (Å²) in [6.45, 7) is 27.9. The highest BCUT2D eigenvalue weighted by atomic mass is 15.2. The van der Waals surface area contributed by atoms with Crippen LogP contribution in [0.2, 0.25) is 0 Å². The van der Waals surface area contributed by atoms with Gasteiger partial charge in [-0.05, 0) is 235 Å². The zero-order chi connectivity index (χ0) is 84.0. The van der Waals surface area contributed by atoms with Crippen molar-refractivity contribution < 1.29 is 0 Å². The van der Waals surface area contributed by atoms with Crippen molar-refractivity contribution >= 4 is 95.1 Å². The Balaban J connectivity index is 0.872. The van der Waals surface area contributed by atoms with E-state index in [0.717, 1.165) is 118 Å². The molecule has 123 heavy (non-hydrogen) atoms. The monoisotopic (exact) mass is 1580 g/mol. The highest BCUT2D eigenvalue weighted by Gasteiger charge is 2.44. The van der Waals surface area contributed by atoms with Crippen molar-refractivity contribution in [1.29, 1.82) is 0 Å². The Morgan fingerprint density at radius 1 is 0.228 bits per heavy atom. The molecule has 0 spiro atoms. The molecule has 0 radical (unpaired) electrons. The molecule has 2 aliphatic rings. The molecule has 0 unspecified atom stereocenters. The number of anilines is 5. The molecule has 2 aromatic heterocycles. The minimum absolute atomic E-state index is 0.0935. The summed E-state index contributed by atoms with van der Waals surface area (Å²) in [4.78, 5) is 2.63. The topological polar surface area (TPSA) is 25.1 Å². The molecule has 1 N–H and O–H groups in total. The van der Waals surface area contributed by atoms with Crippen LogP contribution in [0.25, 0.3) is 155 Å². The number of nitrogens with zero attached hydrogens (tertiary/aromatic N) is 3. The van der Waals surface area contributed by atoms with Gasteiger partial charge in [-0.3, -0.25) is 0 Å². The van der Waals surface area contributed by atoms with E-state index in [2.05, 4.69) is 479 Å². The van der Waals surface area contributed by atoms with Gasteiger partial charge in [0, 0.05) is 77.9 Å². The summed E-state index contributed by atoms with van der Waals surface area (Å²) in [5.41, 5.74) is 41.7. The molecule has 594 valence electrons. The molecule has 4 heterocycles. The van der Waals surface area contributed by atoms with Gasteiger partial charge in [0.15, 0.2) is 0 Å². The van der Waals surface area contributed by atoms with Gasteiger partial charge in [0.05, 0.1) is 27.8 Å². The minimum atomic E-state index is -0.343. The van der Waals surface area contributed by atoms with Crippen molar-refractivity contribution in [3.05, 3.63) is 398 Å². The first-order valence-electron chi connectivity index (χ1n) is 43.6. The summed E-state index contributed by atoms with van der Waals surface area (Å²) in [5.74, 6) is 0. The maximum absolute atomic E-state index is 4.43. The maximum atomic E-state index is 4.43. The molecule has 2 aliphatic heterocycles. The van der Waals surface area contributed by atoms with Gasteiger partial charge in [0.1, 0.15) is 0 Å². The Morgan fingerprint density at radius 2 is 0.577 bits per heavy atom. The maximum Gasteiger partial charge on any atom is 0.252 e. The summed E-state index contributed by atoms with van der Waals surface area (Å²) < 4.78 is 5.19. The van der Waals surface area contributed by atoms with E-state index >= 15 is 0 Å². The number of rotatable bonds is 12. The Hall–Kier alpha value is -14.0. The molecule has 0 saturated carbocycles. The molecular weight excluding hydrogens is 1480 g/mol. The van der Waals surface area contributed by atoms with E-state index < -0.39 is 0 Å². The van der Waals surface area contributed by atoms with Crippen molar-refractivity contribution in [3.8, 4) is 112 Å². The Bertz CT molecular complexity index is 7240. The predicted molar refractivity (Wildman–Crippen MR) is 528 cm³/mol. The fourth-order valence-electron chi connectivity index (χ4n) is 19.6. The number of hydrogen-bond donors (Lipinski definition) is 1. The van der Waals surface area contributed by atoms with E-state index in [-0.39, 0.29) is 28.4 Å². The Morgan fingerprint density at radius 3 is 1.03 bits per heavy atom. The number of benzene rings is 17. The van der Waals surface area contributed by atoms with Crippen molar-refractivity contribution in [1.82, 2.24) is 9.13 Å². The van der Waals surface area contributed by atoms with Crippen molar-refractivity contribution in [3.63, 3.8) is 0 Å². The third kappa shape index (κ3) is 13.4. The number of nitrogens with one attached hydrogen (secondary N) is 1. The summed E-state index contributed by atoms with van der Waals surface area (Å²) in [6.07, 6.45) is 0. The third-order valence-electron chi connectivity index (χ3n) is 26.1. The second-order valence-corrected chi connectivity index (χ2v) is 38.2. The summed E-state index contributed by atoms with van der Waals surface area (Å²) in [5, 5.41) is 9.29. The molecule has 0 atom stereocenters. The van der Waals surface area contributed by atoms with E-state index in [4.69, 9.17) is 0 Å². The quantitative estimate of drug-likeness (QED) is 0.123. The van der Waals surface area contributed by atoms with Gasteiger partial charge in [0.2, 0.25) is 0 Å². The van der Waals surface area contributed by atoms with Gasteiger partial charge < -0.3 is 19.4 Å². The molecule has 0 bridgehead atoms. The van der Waals surface area contributed by atoms with Crippen LogP contribution in [0.3, 0.4) is 0 Å². The molecule has 0 amide bonds. The normalized spacial score (nSPS) is 12.7. The fourth-order valence-corrected chi connectivity index (χ4v) is 19.6. The minimum Gasteiger partial charge on any atom is -0.356 e. The standard InChI is InChI=1S/C118H99BN4/c1-115(2,3)87-67-85(68-88(71-87)116(4,5)6)95-48-33-50-101-98-46-28-31-53-107(98)121(113(95)101)91-55-58-105-103(73-91)119-104-74-92(122-108-54-32-29-47-99(108)102-51-34-49-96(114(102)122)86-69-89(117(7,8)9)72-90(70-86)118(10,11)12)56-59-109(104)123(106-52-30-27-44-94(106)84-65-81(77-39-21-15-22-40-77)62-82(66-84)78-41-23-16-24-42-78)110-60-57-100(112(120-105)111(110)119)97-45-26-25-43-93(97)83-63-79(75-35-17-13-18-36-75)61-80(64-83)76-37-19-14-20-38-76/h13-74,120H,1-12H3. The largest absolute Gasteiger partial charge is 0.356 e. The van der Waals surface area contributed by atoms with E-state index in [9.17, 15) is 0 Å². The predicted octanol–water partition coefficient (Wildman–Crippen LogP) is 30.4. The lowest BCUT2D eigenvalue weighted by atomic mass is 9.33. The van der Waals surface area contributed by atoms with Crippen LogP contribution in [0.1, 0.15) is 105 Å². The molecule has 17 aromatic carbocycles. The van der Waals surface area contributed by atoms with Crippen molar-refractivity contribution in [2.24, 2.45) is 0 Å². The van der Waals surface area contributed by atoms with Gasteiger partial charge in [-0.2, -0.15) is 0 Å². The summed E-state index contributed by atoms with van der Waals surface area (Å²) >= 11 is 0. The van der Waals surface area contributed by atoms with E-state index in [1.54, 1.807) is 0 Å². The van der Waals surface area contributed by atoms with Crippen LogP contribution < -0.4 is 26.6 Å². The molecule has 0 saturated heterocycles. The van der Waals surface area contributed by atoms with Crippen LogP contribution in [0.15, 0.2) is 376 Å². The smallest absolute Gasteiger partial charge is 0.252 e. The molecule has 5 heteroatoms. The van der Waals surface area contributed by atoms with Crippen molar-refractivity contribution in [2.75, 3.05) is 10.2 Å².